The van der Waals surface area contributed by atoms with Gasteiger partial charge in [0.25, 0.3) is 0 Å². The molecule has 0 saturated heterocycles. The Hall–Kier alpha value is -2.73. The van der Waals surface area contributed by atoms with Crippen LogP contribution in [-0.4, -0.2) is 34.4 Å². The van der Waals surface area contributed by atoms with Gasteiger partial charge in [-0.05, 0) is 35.7 Å². The summed E-state index contributed by atoms with van der Waals surface area (Å²) in [4.78, 5) is 10.7. The van der Waals surface area contributed by atoms with E-state index in [1.54, 1.807) is 18.2 Å². The molecule has 0 amide bonds. The van der Waals surface area contributed by atoms with Crippen LogP contribution in [0, 0.1) is 0 Å². The highest BCUT2D eigenvalue weighted by Crippen LogP contribution is 2.38. The molecule has 1 atom stereocenters. The van der Waals surface area contributed by atoms with Crippen LogP contribution in [0.5, 0.6) is 17.2 Å². The topological polar surface area (TPSA) is 99.0 Å². The molecule has 2 aromatic carbocycles. The van der Waals surface area contributed by atoms with Crippen molar-refractivity contribution in [2.24, 2.45) is 0 Å². The highest BCUT2D eigenvalue weighted by atomic mass is 16.5. The van der Waals surface area contributed by atoms with Crippen LogP contribution >= 0.6 is 0 Å². The van der Waals surface area contributed by atoms with Crippen LogP contribution in [0.4, 0.5) is 0 Å². The van der Waals surface area contributed by atoms with Crippen molar-refractivity contribution in [3.05, 3.63) is 53.1 Å². The summed E-state index contributed by atoms with van der Waals surface area (Å²) >= 11 is 0. The fourth-order valence-corrected chi connectivity index (χ4v) is 2.85. The number of phenolic OH excluding ortho intramolecular Hbond substituents is 2. The molecule has 0 fully saturated rings. The van der Waals surface area contributed by atoms with E-state index in [1.807, 2.05) is 12.1 Å². The summed E-state index contributed by atoms with van der Waals surface area (Å²) in [7, 11) is 0. The lowest BCUT2D eigenvalue weighted by molar-refractivity contribution is -0.139. The van der Waals surface area contributed by atoms with Crippen LogP contribution in [0.1, 0.15) is 22.7 Å². The SMILES string of the molecule is O=C(O)COc1ccccc1C1NCCc2cc(O)c(O)cc21. The molecule has 1 aliphatic heterocycles. The third-order valence-electron chi connectivity index (χ3n) is 3.87. The Labute approximate surface area is 133 Å². The van der Waals surface area contributed by atoms with Gasteiger partial charge in [-0.25, -0.2) is 4.79 Å². The Kier molecular flexibility index (Phi) is 4.08. The van der Waals surface area contributed by atoms with E-state index in [4.69, 9.17) is 9.84 Å². The van der Waals surface area contributed by atoms with Crippen LogP contribution in [-0.2, 0) is 11.2 Å². The number of carbonyl (C=O) groups is 1. The van der Waals surface area contributed by atoms with Crippen LogP contribution in [0.25, 0.3) is 0 Å². The van der Waals surface area contributed by atoms with Gasteiger partial charge in [-0.1, -0.05) is 18.2 Å². The summed E-state index contributed by atoms with van der Waals surface area (Å²) in [5.41, 5.74) is 2.58. The molecule has 23 heavy (non-hydrogen) atoms. The van der Waals surface area contributed by atoms with E-state index in [-0.39, 0.29) is 17.5 Å². The van der Waals surface area contributed by atoms with Crippen LogP contribution < -0.4 is 10.1 Å². The first-order valence-corrected chi connectivity index (χ1v) is 7.28. The number of para-hydroxylation sites is 1. The maximum atomic E-state index is 10.7. The first-order chi connectivity index (χ1) is 11.1. The van der Waals surface area contributed by atoms with Gasteiger partial charge in [0.1, 0.15) is 5.75 Å². The minimum absolute atomic E-state index is 0.139. The van der Waals surface area contributed by atoms with Gasteiger partial charge >= 0.3 is 5.97 Å². The van der Waals surface area contributed by atoms with E-state index < -0.39 is 12.6 Å². The van der Waals surface area contributed by atoms with Gasteiger partial charge in [-0.3, -0.25) is 0 Å². The van der Waals surface area contributed by atoms with E-state index in [2.05, 4.69) is 5.32 Å². The van der Waals surface area contributed by atoms with E-state index in [9.17, 15) is 15.0 Å². The number of phenols is 2. The third kappa shape index (κ3) is 3.07. The second kappa shape index (κ2) is 6.18. The maximum Gasteiger partial charge on any atom is 0.341 e. The van der Waals surface area contributed by atoms with Crippen molar-refractivity contribution in [1.29, 1.82) is 0 Å². The van der Waals surface area contributed by atoms with Gasteiger partial charge in [0.2, 0.25) is 0 Å². The van der Waals surface area contributed by atoms with Gasteiger partial charge in [0.05, 0.1) is 6.04 Å². The van der Waals surface area contributed by atoms with Gasteiger partial charge < -0.3 is 25.4 Å². The van der Waals surface area contributed by atoms with Crippen molar-refractivity contribution in [2.45, 2.75) is 12.5 Å². The number of nitrogens with one attached hydrogen (secondary N) is 1. The maximum absolute atomic E-state index is 10.7. The molecule has 2 aromatic rings. The molecule has 0 spiro atoms. The van der Waals surface area contributed by atoms with Gasteiger partial charge in [-0.2, -0.15) is 0 Å². The Morgan fingerprint density at radius 1 is 1.17 bits per heavy atom. The summed E-state index contributed by atoms with van der Waals surface area (Å²) < 4.78 is 5.37. The van der Waals surface area contributed by atoms with Crippen LogP contribution in [0.3, 0.4) is 0 Å². The molecule has 1 unspecified atom stereocenters. The molecule has 0 aromatic heterocycles. The van der Waals surface area contributed by atoms with E-state index >= 15 is 0 Å². The van der Waals surface area contributed by atoms with E-state index in [0.717, 1.165) is 23.1 Å². The highest BCUT2D eigenvalue weighted by molar-refractivity contribution is 5.68. The predicted octanol–water partition coefficient (Wildman–Crippen LogP) is 1.80. The van der Waals surface area contributed by atoms with Crippen LogP contribution in [0.2, 0.25) is 0 Å². The first-order valence-electron chi connectivity index (χ1n) is 7.28. The molecule has 3 rings (SSSR count). The summed E-state index contributed by atoms with van der Waals surface area (Å²) in [6, 6.07) is 10.1. The Morgan fingerprint density at radius 3 is 2.70 bits per heavy atom. The molecule has 6 nitrogen and oxygen atoms in total. The number of aromatic hydroxyl groups is 2. The summed E-state index contributed by atoms with van der Waals surface area (Å²) in [6.07, 6.45) is 0.734. The molecule has 0 bridgehead atoms. The third-order valence-corrected chi connectivity index (χ3v) is 3.87. The molecular weight excluding hydrogens is 298 g/mol. The molecule has 0 radical (unpaired) electrons. The molecular formula is C17H17NO5. The van der Waals surface area contributed by atoms with E-state index in [0.29, 0.717) is 12.3 Å². The lowest BCUT2D eigenvalue weighted by Gasteiger charge is -2.29. The zero-order valence-electron chi connectivity index (χ0n) is 12.3. The average Bonchev–Trinajstić information content (AvgIpc) is 2.54. The Balaban J connectivity index is 2.01. The second-order valence-corrected chi connectivity index (χ2v) is 5.40. The number of benzene rings is 2. The van der Waals surface area contributed by atoms with Gasteiger partial charge in [-0.15, -0.1) is 0 Å². The number of rotatable bonds is 4. The lowest BCUT2D eigenvalue weighted by atomic mass is 9.89. The zero-order chi connectivity index (χ0) is 16.4. The minimum Gasteiger partial charge on any atom is -0.504 e. The number of fused-ring (bicyclic) bond motifs is 1. The number of hydrogen-bond donors (Lipinski definition) is 4. The predicted molar refractivity (Wildman–Crippen MR) is 82.9 cm³/mol. The Bertz CT molecular complexity index is 744. The van der Waals surface area contributed by atoms with Crippen LogP contribution in [0.15, 0.2) is 36.4 Å². The number of carboxylic acids is 1. The van der Waals surface area contributed by atoms with Crippen molar-refractivity contribution in [3.8, 4) is 17.2 Å². The molecule has 4 N–H and O–H groups in total. The molecule has 1 aliphatic rings. The largest absolute Gasteiger partial charge is 0.504 e. The fourth-order valence-electron chi connectivity index (χ4n) is 2.85. The lowest BCUT2D eigenvalue weighted by Crippen LogP contribution is -2.31. The van der Waals surface area contributed by atoms with E-state index in [1.165, 1.54) is 6.07 Å². The monoisotopic (exact) mass is 315 g/mol. The fraction of sp³-hybridized carbons (Fsp3) is 0.235. The average molecular weight is 315 g/mol. The van der Waals surface area contributed by atoms with Crippen molar-refractivity contribution < 1.29 is 24.9 Å². The van der Waals surface area contributed by atoms with Crippen molar-refractivity contribution in [3.63, 3.8) is 0 Å². The minimum atomic E-state index is -1.04. The molecule has 0 aliphatic carbocycles. The summed E-state index contributed by atoms with van der Waals surface area (Å²) in [5, 5.41) is 31.6. The standard InChI is InChI=1S/C17H17NO5/c19-13-7-10-5-6-18-17(12(10)8-14(13)20)11-3-1-2-4-15(11)23-9-16(21)22/h1-4,7-8,17-20H,5-6,9H2,(H,21,22). The summed E-state index contributed by atoms with van der Waals surface area (Å²) in [5.74, 6) is -0.881. The first kappa shape index (κ1) is 15.2. The second-order valence-electron chi connectivity index (χ2n) is 5.40. The van der Waals surface area contributed by atoms with Gasteiger partial charge in [0.15, 0.2) is 18.1 Å². The molecule has 6 heteroatoms. The highest BCUT2D eigenvalue weighted by Gasteiger charge is 2.25. The van der Waals surface area contributed by atoms with Crippen molar-refractivity contribution >= 4 is 5.97 Å². The molecule has 120 valence electrons. The summed E-state index contributed by atoms with van der Waals surface area (Å²) in [6.45, 7) is 0.284. The van der Waals surface area contributed by atoms with Gasteiger partial charge in [0, 0.05) is 12.1 Å². The molecule has 0 saturated carbocycles. The number of hydrogen-bond acceptors (Lipinski definition) is 5. The normalized spacial score (nSPS) is 16.6. The zero-order valence-corrected chi connectivity index (χ0v) is 12.3. The smallest absolute Gasteiger partial charge is 0.341 e. The number of ether oxygens (including phenoxy) is 1. The quantitative estimate of drug-likeness (QED) is 0.642. The van der Waals surface area contributed by atoms with Crippen molar-refractivity contribution in [2.75, 3.05) is 13.2 Å². The Morgan fingerprint density at radius 2 is 1.91 bits per heavy atom. The number of carboxylic acid groups (broad SMARTS) is 1. The molecule has 1 heterocycles. The van der Waals surface area contributed by atoms with Crippen molar-refractivity contribution in [1.82, 2.24) is 5.32 Å². The number of aliphatic carboxylic acids is 1.